The maximum absolute atomic E-state index is 10.8. The summed E-state index contributed by atoms with van der Waals surface area (Å²) in [6.45, 7) is 3.85. The zero-order valence-electron chi connectivity index (χ0n) is 8.45. The van der Waals surface area contributed by atoms with Crippen molar-refractivity contribution < 1.29 is 9.53 Å². The van der Waals surface area contributed by atoms with Crippen LogP contribution in [0.5, 0.6) is 0 Å². The van der Waals surface area contributed by atoms with E-state index in [2.05, 4.69) is 6.92 Å². The molecule has 0 heterocycles. The maximum Gasteiger partial charge on any atom is 0.302 e. The molecule has 2 fully saturated rings. The van der Waals surface area contributed by atoms with Crippen LogP contribution in [0.2, 0.25) is 0 Å². The van der Waals surface area contributed by atoms with Gasteiger partial charge in [0.25, 0.3) is 0 Å². The number of ether oxygens (including phenoxy) is 1. The number of hydrogen-bond acceptors (Lipinski definition) is 2. The van der Waals surface area contributed by atoms with E-state index in [1.807, 2.05) is 0 Å². The average molecular weight is 182 g/mol. The van der Waals surface area contributed by atoms with Crippen molar-refractivity contribution in [2.24, 2.45) is 17.8 Å². The Kier molecular flexibility index (Phi) is 2.31. The third kappa shape index (κ3) is 1.59. The lowest BCUT2D eigenvalue weighted by molar-refractivity contribution is -0.148. The summed E-state index contributed by atoms with van der Waals surface area (Å²) in [6.07, 6.45) is 5.20. The van der Waals surface area contributed by atoms with E-state index < -0.39 is 0 Å². The van der Waals surface area contributed by atoms with Crippen LogP contribution < -0.4 is 0 Å². The van der Waals surface area contributed by atoms with Crippen LogP contribution in [0.15, 0.2) is 0 Å². The Morgan fingerprint density at radius 3 is 2.54 bits per heavy atom. The van der Waals surface area contributed by atoms with Crippen LogP contribution >= 0.6 is 0 Å². The fourth-order valence-corrected chi connectivity index (χ4v) is 3.20. The minimum Gasteiger partial charge on any atom is -0.462 e. The Morgan fingerprint density at radius 2 is 1.85 bits per heavy atom. The topological polar surface area (TPSA) is 26.3 Å². The zero-order chi connectivity index (χ0) is 9.42. The van der Waals surface area contributed by atoms with Gasteiger partial charge in [-0.1, -0.05) is 13.3 Å². The Morgan fingerprint density at radius 1 is 1.15 bits per heavy atom. The average Bonchev–Trinajstić information content (AvgIpc) is 2.56. The van der Waals surface area contributed by atoms with Gasteiger partial charge in [0.05, 0.1) is 0 Å². The van der Waals surface area contributed by atoms with Crippen molar-refractivity contribution >= 4 is 5.97 Å². The first-order valence-corrected chi connectivity index (χ1v) is 5.35. The molecule has 2 nitrogen and oxygen atoms in total. The number of carbonyl (C=O) groups excluding carboxylic acids is 1. The van der Waals surface area contributed by atoms with Crippen LogP contribution in [-0.2, 0) is 9.53 Å². The smallest absolute Gasteiger partial charge is 0.302 e. The quantitative estimate of drug-likeness (QED) is 0.582. The highest BCUT2D eigenvalue weighted by atomic mass is 16.5. The summed E-state index contributed by atoms with van der Waals surface area (Å²) in [6, 6.07) is 0. The van der Waals surface area contributed by atoms with Crippen LogP contribution in [0.1, 0.15) is 39.5 Å². The van der Waals surface area contributed by atoms with Gasteiger partial charge in [0.2, 0.25) is 0 Å². The molecule has 0 aromatic heterocycles. The molecular weight excluding hydrogens is 164 g/mol. The van der Waals surface area contributed by atoms with Crippen LogP contribution in [0, 0.1) is 17.8 Å². The van der Waals surface area contributed by atoms with Crippen LogP contribution in [0.3, 0.4) is 0 Å². The van der Waals surface area contributed by atoms with Gasteiger partial charge in [-0.25, -0.2) is 0 Å². The van der Waals surface area contributed by atoms with Crippen molar-refractivity contribution in [2.75, 3.05) is 0 Å². The van der Waals surface area contributed by atoms with Gasteiger partial charge in [0.15, 0.2) is 0 Å². The summed E-state index contributed by atoms with van der Waals surface area (Å²) in [4.78, 5) is 10.8. The van der Waals surface area contributed by atoms with Gasteiger partial charge < -0.3 is 4.74 Å². The molecule has 2 aliphatic rings. The molecule has 74 valence electrons. The first kappa shape index (κ1) is 9.04. The van der Waals surface area contributed by atoms with Gasteiger partial charge >= 0.3 is 5.97 Å². The highest BCUT2D eigenvalue weighted by molar-refractivity contribution is 5.66. The van der Waals surface area contributed by atoms with Crippen LogP contribution in [-0.4, -0.2) is 12.1 Å². The normalized spacial score (nSPS) is 43.2. The molecule has 2 rings (SSSR count). The second-order valence-corrected chi connectivity index (χ2v) is 4.61. The van der Waals surface area contributed by atoms with E-state index in [0.717, 1.165) is 18.3 Å². The van der Waals surface area contributed by atoms with Crippen molar-refractivity contribution in [1.82, 2.24) is 0 Å². The van der Waals surface area contributed by atoms with E-state index in [1.54, 1.807) is 0 Å². The third-order valence-corrected chi connectivity index (χ3v) is 3.82. The number of esters is 1. The SMILES string of the molecule is CC(=O)OC1CC[C@@H]2C(C)CC[C@H]12. The third-order valence-electron chi connectivity index (χ3n) is 3.82. The van der Waals surface area contributed by atoms with Crippen LogP contribution in [0.4, 0.5) is 0 Å². The van der Waals surface area contributed by atoms with Crippen molar-refractivity contribution in [1.29, 1.82) is 0 Å². The first-order chi connectivity index (χ1) is 6.18. The van der Waals surface area contributed by atoms with Crippen molar-refractivity contribution in [3.8, 4) is 0 Å². The lowest BCUT2D eigenvalue weighted by atomic mass is 9.93. The summed E-state index contributed by atoms with van der Waals surface area (Å²) in [5.41, 5.74) is 0. The predicted octanol–water partition coefficient (Wildman–Crippen LogP) is 2.37. The molecule has 2 aliphatic carbocycles. The van der Waals surface area contributed by atoms with E-state index in [4.69, 9.17) is 4.74 Å². The van der Waals surface area contributed by atoms with E-state index in [0.29, 0.717) is 5.92 Å². The fourth-order valence-electron chi connectivity index (χ4n) is 3.20. The molecule has 0 radical (unpaired) electrons. The molecule has 0 N–H and O–H groups in total. The molecule has 2 heteroatoms. The summed E-state index contributed by atoms with van der Waals surface area (Å²) < 4.78 is 5.33. The van der Waals surface area contributed by atoms with Crippen LogP contribution in [0.25, 0.3) is 0 Å². The Balaban J connectivity index is 1.98. The fraction of sp³-hybridized carbons (Fsp3) is 0.909. The molecule has 0 aromatic carbocycles. The maximum atomic E-state index is 10.8. The standard InChI is InChI=1S/C11H18O2/c1-7-3-4-10-9(7)5-6-11(10)13-8(2)12/h7,9-11H,3-6H2,1-2H3/t7?,9-,10+,11?/m1/s1. The Hall–Kier alpha value is -0.530. The minimum absolute atomic E-state index is 0.106. The molecule has 4 atom stereocenters. The van der Waals surface area contributed by atoms with Gasteiger partial charge in [-0.15, -0.1) is 0 Å². The lowest BCUT2D eigenvalue weighted by Gasteiger charge is -2.18. The first-order valence-electron chi connectivity index (χ1n) is 5.35. The van der Waals surface area contributed by atoms with E-state index >= 15 is 0 Å². The molecule has 2 unspecified atom stereocenters. The number of hydrogen-bond donors (Lipinski definition) is 0. The van der Waals surface area contributed by atoms with Gasteiger partial charge in [0.1, 0.15) is 6.10 Å². The van der Waals surface area contributed by atoms with Crippen molar-refractivity contribution in [3.63, 3.8) is 0 Å². The monoisotopic (exact) mass is 182 g/mol. The van der Waals surface area contributed by atoms with E-state index in [1.165, 1.54) is 26.2 Å². The lowest BCUT2D eigenvalue weighted by Crippen LogP contribution is -2.21. The Bertz CT molecular complexity index is 212. The molecule has 0 aromatic rings. The summed E-state index contributed by atoms with van der Waals surface area (Å²) in [7, 11) is 0. The zero-order valence-corrected chi connectivity index (χ0v) is 8.45. The molecule has 0 saturated heterocycles. The van der Waals surface area contributed by atoms with Gasteiger partial charge in [0, 0.05) is 6.92 Å². The minimum atomic E-state index is -0.106. The van der Waals surface area contributed by atoms with Crippen molar-refractivity contribution in [2.45, 2.75) is 45.6 Å². The summed E-state index contributed by atoms with van der Waals surface area (Å²) in [5.74, 6) is 2.26. The second-order valence-electron chi connectivity index (χ2n) is 4.61. The van der Waals surface area contributed by atoms with Gasteiger partial charge in [-0.05, 0) is 37.0 Å². The van der Waals surface area contributed by atoms with E-state index in [-0.39, 0.29) is 12.1 Å². The largest absolute Gasteiger partial charge is 0.462 e. The Labute approximate surface area is 79.7 Å². The number of carbonyl (C=O) groups is 1. The molecule has 0 spiro atoms. The molecular formula is C11H18O2. The van der Waals surface area contributed by atoms with Gasteiger partial charge in [-0.2, -0.15) is 0 Å². The van der Waals surface area contributed by atoms with Crippen molar-refractivity contribution in [3.05, 3.63) is 0 Å². The highest BCUT2D eigenvalue weighted by Gasteiger charge is 2.44. The highest BCUT2D eigenvalue weighted by Crippen LogP contribution is 2.48. The molecule has 0 amide bonds. The summed E-state index contributed by atoms with van der Waals surface area (Å²) in [5, 5.41) is 0. The number of fused-ring (bicyclic) bond motifs is 1. The molecule has 13 heavy (non-hydrogen) atoms. The molecule has 2 saturated carbocycles. The number of rotatable bonds is 1. The second kappa shape index (κ2) is 3.32. The molecule has 0 aliphatic heterocycles. The predicted molar refractivity (Wildman–Crippen MR) is 50.2 cm³/mol. The molecule has 0 bridgehead atoms. The van der Waals surface area contributed by atoms with E-state index in [9.17, 15) is 4.79 Å². The van der Waals surface area contributed by atoms with Gasteiger partial charge in [-0.3, -0.25) is 4.79 Å². The summed E-state index contributed by atoms with van der Waals surface area (Å²) >= 11 is 0.